The molecule has 0 N–H and O–H groups in total. The number of para-hydroxylation sites is 4. The van der Waals surface area contributed by atoms with Crippen LogP contribution in [0.2, 0.25) is 0 Å². The second kappa shape index (κ2) is 16.4. The molecule has 320 valence electrons. The summed E-state index contributed by atoms with van der Waals surface area (Å²) in [5.74, 6) is 0. The molecular weight excluding hydrogens is 825 g/mol. The number of anilines is 6. The molecule has 0 radical (unpaired) electrons. The van der Waals surface area contributed by atoms with Crippen LogP contribution in [0, 0.1) is 0 Å². The van der Waals surface area contributed by atoms with Gasteiger partial charge in [0, 0.05) is 56.3 Å². The van der Waals surface area contributed by atoms with Gasteiger partial charge in [0.05, 0.1) is 22.1 Å². The fraction of sp³-hybridized carbons (Fsp3) is 0. The van der Waals surface area contributed by atoms with Crippen molar-refractivity contribution in [2.45, 2.75) is 0 Å². The fourth-order valence-electron chi connectivity index (χ4n) is 10.3. The van der Waals surface area contributed by atoms with Gasteiger partial charge in [0.2, 0.25) is 0 Å². The molecule has 0 spiro atoms. The van der Waals surface area contributed by atoms with Crippen LogP contribution in [0.4, 0.5) is 34.1 Å². The van der Waals surface area contributed by atoms with Crippen molar-refractivity contribution >= 4 is 88.5 Å². The molecule has 0 saturated heterocycles. The molecule has 4 nitrogen and oxygen atoms in total. The van der Waals surface area contributed by atoms with E-state index in [2.05, 4.69) is 286 Å². The summed E-state index contributed by atoms with van der Waals surface area (Å²) < 4.78 is 4.99. The average molecular weight is 869 g/mol. The van der Waals surface area contributed by atoms with E-state index >= 15 is 0 Å². The van der Waals surface area contributed by atoms with Crippen LogP contribution in [-0.2, 0) is 0 Å². The highest BCUT2D eigenvalue weighted by atomic mass is 15.2. The molecule has 11 aromatic carbocycles. The third kappa shape index (κ3) is 6.69. The summed E-state index contributed by atoms with van der Waals surface area (Å²) in [5, 5.41) is 7.20. The van der Waals surface area contributed by atoms with Crippen molar-refractivity contribution in [2.75, 3.05) is 9.80 Å². The third-order valence-corrected chi connectivity index (χ3v) is 13.4. The smallest absolute Gasteiger partial charge is 0.0804 e. The summed E-state index contributed by atoms with van der Waals surface area (Å²) in [5.41, 5.74) is 15.7. The van der Waals surface area contributed by atoms with Gasteiger partial charge in [-0.1, -0.05) is 152 Å². The Morgan fingerprint density at radius 3 is 1.07 bits per heavy atom. The number of hydrogen-bond acceptors (Lipinski definition) is 2. The number of fused-ring (bicyclic) bond motifs is 7. The van der Waals surface area contributed by atoms with Gasteiger partial charge in [-0.15, -0.1) is 0 Å². The van der Waals surface area contributed by atoms with E-state index in [4.69, 9.17) is 0 Å². The summed E-state index contributed by atoms with van der Waals surface area (Å²) in [6.45, 7) is 0. The molecule has 2 heterocycles. The van der Waals surface area contributed by atoms with Crippen molar-refractivity contribution in [3.63, 3.8) is 0 Å². The van der Waals surface area contributed by atoms with Crippen LogP contribution in [0.1, 0.15) is 0 Å². The van der Waals surface area contributed by atoms with Crippen molar-refractivity contribution in [2.24, 2.45) is 0 Å². The second-order valence-corrected chi connectivity index (χ2v) is 17.4. The molecule has 2 aromatic heterocycles. The largest absolute Gasteiger partial charge is 0.310 e. The van der Waals surface area contributed by atoms with E-state index in [1.54, 1.807) is 0 Å². The summed E-state index contributed by atoms with van der Waals surface area (Å²) >= 11 is 0. The lowest BCUT2D eigenvalue weighted by atomic mass is 10.0. The van der Waals surface area contributed by atoms with Gasteiger partial charge in [0.25, 0.3) is 0 Å². The Balaban J connectivity index is 1.12. The maximum Gasteiger partial charge on any atom is 0.0804 e. The molecule has 68 heavy (non-hydrogen) atoms. The van der Waals surface area contributed by atoms with Crippen LogP contribution in [0.15, 0.2) is 267 Å². The number of benzene rings is 11. The quantitative estimate of drug-likeness (QED) is 0.144. The molecule has 0 amide bonds. The average Bonchev–Trinajstić information content (AvgIpc) is 3.92. The topological polar surface area (TPSA) is 16.3 Å². The Labute approximate surface area is 395 Å². The normalized spacial score (nSPS) is 11.5. The summed E-state index contributed by atoms with van der Waals surface area (Å²) in [7, 11) is 0. The van der Waals surface area contributed by atoms with E-state index in [9.17, 15) is 0 Å². The number of nitrogens with zero attached hydrogens (tertiary/aromatic N) is 4. The molecular formula is C64H44N4. The molecule has 0 aliphatic carbocycles. The maximum absolute atomic E-state index is 2.50. The molecule has 0 unspecified atom stereocenters. The maximum atomic E-state index is 2.50. The van der Waals surface area contributed by atoms with Gasteiger partial charge < -0.3 is 18.9 Å². The summed E-state index contributed by atoms with van der Waals surface area (Å²) in [4.78, 5) is 4.72. The Morgan fingerprint density at radius 1 is 0.235 bits per heavy atom. The molecule has 4 heteroatoms. The molecule has 0 fully saturated rings. The third-order valence-electron chi connectivity index (χ3n) is 13.4. The first-order valence-electron chi connectivity index (χ1n) is 23.3. The lowest BCUT2D eigenvalue weighted by Gasteiger charge is -2.26. The van der Waals surface area contributed by atoms with Gasteiger partial charge in [-0.3, -0.25) is 0 Å². The monoisotopic (exact) mass is 868 g/mol. The van der Waals surface area contributed by atoms with Gasteiger partial charge in [0.1, 0.15) is 0 Å². The van der Waals surface area contributed by atoms with E-state index in [0.717, 1.165) is 78.3 Å². The predicted molar refractivity (Wildman–Crippen MR) is 287 cm³/mol. The van der Waals surface area contributed by atoms with Gasteiger partial charge >= 0.3 is 0 Å². The van der Waals surface area contributed by atoms with Gasteiger partial charge in [0.15, 0.2) is 0 Å². The molecule has 13 rings (SSSR count). The van der Waals surface area contributed by atoms with Crippen molar-refractivity contribution in [3.05, 3.63) is 267 Å². The van der Waals surface area contributed by atoms with E-state index < -0.39 is 0 Å². The molecule has 0 saturated carbocycles. The summed E-state index contributed by atoms with van der Waals surface area (Å²) in [6.07, 6.45) is 0. The standard InChI is InChI=1S/C64H44N4/c1-5-21-51(22-6-1)65(52-23-7-2-8-24-52)57-37-39-61-59(43-57)64-63(67(61)55-34-31-47(32-35-55)50-30-29-45-17-13-15-19-48(45)41-50)60-44-58(66(53-25-9-3-10-26-53)54-27-11-4-12-28-54)38-40-62(60)68(64)56-36-33-46-18-14-16-20-49(46)42-56/h1-44H. The Kier molecular flexibility index (Phi) is 9.47. The first-order chi connectivity index (χ1) is 33.7. The van der Waals surface area contributed by atoms with E-state index in [0.29, 0.717) is 0 Å². The number of hydrogen-bond donors (Lipinski definition) is 0. The zero-order valence-corrected chi connectivity index (χ0v) is 37.2. The first kappa shape index (κ1) is 39.3. The van der Waals surface area contributed by atoms with Crippen molar-refractivity contribution in [3.8, 4) is 22.5 Å². The van der Waals surface area contributed by atoms with Crippen LogP contribution in [0.25, 0.3) is 76.9 Å². The second-order valence-electron chi connectivity index (χ2n) is 17.4. The van der Waals surface area contributed by atoms with Gasteiger partial charge in [-0.2, -0.15) is 0 Å². The van der Waals surface area contributed by atoms with Crippen LogP contribution in [0.3, 0.4) is 0 Å². The lowest BCUT2D eigenvalue weighted by molar-refractivity contribution is 1.18. The minimum atomic E-state index is 1.08. The molecule has 0 bridgehead atoms. The van der Waals surface area contributed by atoms with Gasteiger partial charge in [-0.05, 0) is 148 Å². The lowest BCUT2D eigenvalue weighted by Crippen LogP contribution is -2.09. The highest BCUT2D eigenvalue weighted by Crippen LogP contribution is 2.46. The molecule has 0 atom stereocenters. The minimum Gasteiger partial charge on any atom is -0.310 e. The van der Waals surface area contributed by atoms with Crippen LogP contribution < -0.4 is 9.80 Å². The highest BCUT2D eigenvalue weighted by Gasteiger charge is 2.25. The summed E-state index contributed by atoms with van der Waals surface area (Å²) in [6, 6.07) is 96.7. The van der Waals surface area contributed by atoms with Crippen LogP contribution >= 0.6 is 0 Å². The predicted octanol–water partition coefficient (Wildman–Crippen LogP) is 17.6. The first-order valence-corrected chi connectivity index (χ1v) is 23.3. The van der Waals surface area contributed by atoms with Crippen molar-refractivity contribution in [1.29, 1.82) is 0 Å². The van der Waals surface area contributed by atoms with Crippen molar-refractivity contribution < 1.29 is 0 Å². The van der Waals surface area contributed by atoms with E-state index in [-0.39, 0.29) is 0 Å². The Morgan fingerprint density at radius 2 is 0.603 bits per heavy atom. The Bertz CT molecular complexity index is 3780. The number of rotatable bonds is 9. The van der Waals surface area contributed by atoms with E-state index in [1.807, 2.05) is 0 Å². The Hall–Kier alpha value is -9.12. The SMILES string of the molecule is c1ccc(N(c2ccccc2)c2ccc3c(c2)c2c(c4cc(N(c5ccccc5)c5ccccc5)ccc4n2-c2ccc(-c4ccc5ccccc5c4)cc2)n3-c2ccc3ccccc3c2)cc1. The zero-order chi connectivity index (χ0) is 45.0. The van der Waals surface area contributed by atoms with E-state index in [1.165, 1.54) is 32.7 Å². The van der Waals surface area contributed by atoms with Gasteiger partial charge in [-0.25, -0.2) is 0 Å². The number of aromatic nitrogens is 2. The fourth-order valence-corrected chi connectivity index (χ4v) is 10.3. The molecule has 13 aromatic rings. The van der Waals surface area contributed by atoms with Crippen LogP contribution in [0.5, 0.6) is 0 Å². The van der Waals surface area contributed by atoms with Crippen LogP contribution in [-0.4, -0.2) is 9.13 Å². The zero-order valence-electron chi connectivity index (χ0n) is 37.2. The highest BCUT2D eigenvalue weighted by molar-refractivity contribution is 6.21. The molecule has 0 aliphatic rings. The molecule has 0 aliphatic heterocycles. The minimum absolute atomic E-state index is 1.08. The van der Waals surface area contributed by atoms with Crippen molar-refractivity contribution in [1.82, 2.24) is 9.13 Å².